The van der Waals surface area contributed by atoms with E-state index in [0.29, 0.717) is 0 Å². The fraction of sp³-hybridized carbons (Fsp3) is 0.857. The lowest BCUT2D eigenvalue weighted by atomic mass is 9.93. The molecule has 106 valence electrons. The van der Waals surface area contributed by atoms with Crippen molar-refractivity contribution in [2.75, 3.05) is 19.6 Å². The summed E-state index contributed by atoms with van der Waals surface area (Å²) in [5.41, 5.74) is -0.0619. The van der Waals surface area contributed by atoms with Crippen molar-refractivity contribution in [3.63, 3.8) is 0 Å². The molecule has 2 atom stereocenters. The topological polar surface area (TPSA) is 54.2 Å². The van der Waals surface area contributed by atoms with Gasteiger partial charge in [0.1, 0.15) is 0 Å². The molecule has 0 saturated carbocycles. The monoisotopic (exact) mass is 264 g/mol. The Morgan fingerprint density at radius 3 is 2.95 bits per heavy atom. The van der Waals surface area contributed by atoms with Gasteiger partial charge in [-0.15, -0.1) is 0 Å². The van der Waals surface area contributed by atoms with Crippen LogP contribution < -0.4 is 5.32 Å². The summed E-state index contributed by atoms with van der Waals surface area (Å²) in [5.74, 6) is 2.37. The highest BCUT2D eigenvalue weighted by Crippen LogP contribution is 2.26. The number of hydrogen-bond acceptors (Lipinski definition) is 5. The van der Waals surface area contributed by atoms with Gasteiger partial charge < -0.3 is 9.84 Å². The third kappa shape index (κ3) is 2.82. The summed E-state index contributed by atoms with van der Waals surface area (Å²) < 4.78 is 5.36. The Hall–Kier alpha value is -0.940. The maximum Gasteiger partial charge on any atom is 0.232 e. The number of nitrogens with one attached hydrogen (secondary N) is 1. The molecular formula is C14H24N4O. The summed E-state index contributed by atoms with van der Waals surface area (Å²) in [6, 6.07) is 0.742. The standard InChI is InChI=1S/C14H24N4O/c1-14(2,3)13-16-12(17-19-13)9-18-7-5-11-10(8-18)4-6-15-11/h10-11,15H,4-9H2,1-3H3. The molecule has 1 N–H and O–H groups in total. The van der Waals surface area contributed by atoms with Crippen molar-refractivity contribution in [1.29, 1.82) is 0 Å². The summed E-state index contributed by atoms with van der Waals surface area (Å²) >= 11 is 0. The first-order valence-corrected chi connectivity index (χ1v) is 7.31. The van der Waals surface area contributed by atoms with E-state index in [2.05, 4.69) is 41.1 Å². The minimum Gasteiger partial charge on any atom is -0.339 e. The molecule has 3 rings (SSSR count). The second kappa shape index (κ2) is 4.87. The van der Waals surface area contributed by atoms with Gasteiger partial charge in [-0.05, 0) is 25.3 Å². The van der Waals surface area contributed by atoms with Gasteiger partial charge in [0.25, 0.3) is 0 Å². The Morgan fingerprint density at radius 1 is 1.37 bits per heavy atom. The minimum absolute atomic E-state index is 0.0619. The van der Waals surface area contributed by atoms with Crippen LogP contribution in [0.3, 0.4) is 0 Å². The van der Waals surface area contributed by atoms with Crippen LogP contribution in [0.1, 0.15) is 45.3 Å². The minimum atomic E-state index is -0.0619. The van der Waals surface area contributed by atoms with Crippen molar-refractivity contribution in [2.24, 2.45) is 5.92 Å². The van der Waals surface area contributed by atoms with Gasteiger partial charge in [0, 0.05) is 24.5 Å². The number of piperidine rings is 1. The summed E-state index contributed by atoms with van der Waals surface area (Å²) in [4.78, 5) is 6.99. The Labute approximate surface area is 114 Å². The molecule has 2 saturated heterocycles. The summed E-state index contributed by atoms with van der Waals surface area (Å²) in [6.45, 7) is 10.6. The van der Waals surface area contributed by atoms with Crippen LogP contribution in [0.4, 0.5) is 0 Å². The summed E-state index contributed by atoms with van der Waals surface area (Å²) in [7, 11) is 0. The van der Waals surface area contributed by atoms with Crippen LogP contribution in [0.25, 0.3) is 0 Å². The van der Waals surface area contributed by atoms with Crippen LogP contribution in [0.5, 0.6) is 0 Å². The van der Waals surface area contributed by atoms with Crippen LogP contribution in [-0.2, 0) is 12.0 Å². The molecule has 2 aliphatic rings. The highest BCUT2D eigenvalue weighted by Gasteiger charge is 2.33. The largest absolute Gasteiger partial charge is 0.339 e. The second-order valence-electron chi connectivity index (χ2n) is 6.90. The quantitative estimate of drug-likeness (QED) is 0.878. The third-order valence-electron chi connectivity index (χ3n) is 4.21. The molecule has 3 heterocycles. The first-order chi connectivity index (χ1) is 9.02. The van der Waals surface area contributed by atoms with Gasteiger partial charge in [0.05, 0.1) is 6.54 Å². The second-order valence-corrected chi connectivity index (χ2v) is 6.90. The number of hydrogen-bond donors (Lipinski definition) is 1. The van der Waals surface area contributed by atoms with Crippen molar-refractivity contribution in [3.8, 4) is 0 Å². The Bertz CT molecular complexity index is 437. The van der Waals surface area contributed by atoms with E-state index in [0.717, 1.165) is 43.3 Å². The molecule has 2 fully saturated rings. The zero-order valence-electron chi connectivity index (χ0n) is 12.1. The first kappa shape index (κ1) is 13.1. The normalized spacial score (nSPS) is 28.6. The van der Waals surface area contributed by atoms with Crippen LogP contribution in [0, 0.1) is 5.92 Å². The Morgan fingerprint density at radius 2 is 2.21 bits per heavy atom. The van der Waals surface area contributed by atoms with Crippen molar-refractivity contribution in [3.05, 3.63) is 11.7 Å². The molecule has 1 aromatic heterocycles. The number of nitrogens with zero attached hydrogens (tertiary/aromatic N) is 3. The molecular weight excluding hydrogens is 240 g/mol. The van der Waals surface area contributed by atoms with Crippen LogP contribution in [0.2, 0.25) is 0 Å². The van der Waals surface area contributed by atoms with Crippen molar-refractivity contribution >= 4 is 0 Å². The molecule has 5 heteroatoms. The van der Waals surface area contributed by atoms with E-state index < -0.39 is 0 Å². The van der Waals surface area contributed by atoms with Gasteiger partial charge >= 0.3 is 0 Å². The third-order valence-corrected chi connectivity index (χ3v) is 4.21. The van der Waals surface area contributed by atoms with E-state index in [9.17, 15) is 0 Å². The van der Waals surface area contributed by atoms with E-state index >= 15 is 0 Å². The highest BCUT2D eigenvalue weighted by atomic mass is 16.5. The van der Waals surface area contributed by atoms with E-state index in [-0.39, 0.29) is 5.41 Å². The predicted molar refractivity (Wildman–Crippen MR) is 72.8 cm³/mol. The molecule has 2 aliphatic heterocycles. The maximum atomic E-state index is 5.36. The number of fused-ring (bicyclic) bond motifs is 1. The number of likely N-dealkylation sites (tertiary alicyclic amines) is 1. The molecule has 0 radical (unpaired) electrons. The van der Waals surface area contributed by atoms with Crippen LogP contribution >= 0.6 is 0 Å². The molecule has 2 unspecified atom stereocenters. The lowest BCUT2D eigenvalue weighted by Crippen LogP contribution is -2.44. The van der Waals surface area contributed by atoms with Gasteiger partial charge in [-0.25, -0.2) is 0 Å². The van der Waals surface area contributed by atoms with E-state index in [1.165, 1.54) is 19.4 Å². The molecule has 0 aromatic carbocycles. The molecule has 0 spiro atoms. The first-order valence-electron chi connectivity index (χ1n) is 7.31. The molecule has 0 bridgehead atoms. The number of rotatable bonds is 2. The summed E-state index contributed by atoms with van der Waals surface area (Å²) in [6.07, 6.45) is 2.55. The van der Waals surface area contributed by atoms with Crippen LogP contribution in [0.15, 0.2) is 4.52 Å². The molecule has 1 aromatic rings. The lowest BCUT2D eigenvalue weighted by Gasteiger charge is -2.33. The van der Waals surface area contributed by atoms with Gasteiger partial charge in [-0.2, -0.15) is 4.98 Å². The molecule has 19 heavy (non-hydrogen) atoms. The van der Waals surface area contributed by atoms with Crippen molar-refractivity contribution in [2.45, 2.75) is 51.6 Å². The SMILES string of the molecule is CC(C)(C)c1nc(CN2CCC3NCCC3C2)no1. The van der Waals surface area contributed by atoms with Crippen molar-refractivity contribution in [1.82, 2.24) is 20.4 Å². The van der Waals surface area contributed by atoms with Crippen LogP contribution in [-0.4, -0.2) is 40.7 Å². The van der Waals surface area contributed by atoms with Gasteiger partial charge in [0.2, 0.25) is 5.89 Å². The van der Waals surface area contributed by atoms with E-state index in [1.54, 1.807) is 0 Å². The Balaban J connectivity index is 1.61. The smallest absolute Gasteiger partial charge is 0.232 e. The highest BCUT2D eigenvalue weighted by molar-refractivity contribution is 4.99. The lowest BCUT2D eigenvalue weighted by molar-refractivity contribution is 0.151. The van der Waals surface area contributed by atoms with Gasteiger partial charge in [0.15, 0.2) is 5.82 Å². The van der Waals surface area contributed by atoms with Gasteiger partial charge in [-0.1, -0.05) is 25.9 Å². The van der Waals surface area contributed by atoms with E-state index in [1.807, 2.05) is 0 Å². The van der Waals surface area contributed by atoms with E-state index in [4.69, 9.17) is 4.52 Å². The average Bonchev–Trinajstić information content (AvgIpc) is 2.95. The van der Waals surface area contributed by atoms with Gasteiger partial charge in [-0.3, -0.25) is 4.90 Å². The number of aromatic nitrogens is 2. The summed E-state index contributed by atoms with van der Waals surface area (Å²) in [5, 5.41) is 7.71. The Kier molecular flexibility index (Phi) is 3.35. The zero-order chi connectivity index (χ0) is 13.5. The van der Waals surface area contributed by atoms with Crippen molar-refractivity contribution < 1.29 is 4.52 Å². The predicted octanol–water partition coefficient (Wildman–Crippen LogP) is 1.55. The fourth-order valence-corrected chi connectivity index (χ4v) is 3.09. The fourth-order valence-electron chi connectivity index (χ4n) is 3.09. The molecule has 5 nitrogen and oxygen atoms in total. The molecule has 0 aliphatic carbocycles. The molecule has 0 amide bonds. The average molecular weight is 264 g/mol. The maximum absolute atomic E-state index is 5.36. The zero-order valence-corrected chi connectivity index (χ0v) is 12.1.